The Balaban J connectivity index is 1.75. The first-order valence-corrected chi connectivity index (χ1v) is 8.66. The van der Waals surface area contributed by atoms with Gasteiger partial charge >= 0.3 is 0 Å². The number of primary amides is 1. The van der Waals surface area contributed by atoms with Crippen LogP contribution in [-0.2, 0) is 11.3 Å². The molecule has 0 bridgehead atoms. The second kappa shape index (κ2) is 7.75. The Morgan fingerprint density at radius 3 is 2.60 bits per heavy atom. The number of nitrogens with zero attached hydrogens (tertiary/aromatic N) is 1. The fourth-order valence-electron chi connectivity index (χ4n) is 2.64. The number of hydrogen-bond acceptors (Lipinski definition) is 4. The van der Waals surface area contributed by atoms with E-state index in [9.17, 15) is 4.79 Å². The summed E-state index contributed by atoms with van der Waals surface area (Å²) in [6.45, 7) is 0.521. The predicted molar refractivity (Wildman–Crippen MR) is 99.7 cm³/mol. The van der Waals surface area contributed by atoms with Crippen LogP contribution in [0.2, 0.25) is 0 Å². The second-order valence-corrected chi connectivity index (χ2v) is 6.69. The Morgan fingerprint density at radius 1 is 1.12 bits per heavy atom. The number of nitrogens with one attached hydrogen (secondary N) is 1. The number of nitriles is 1. The molecule has 1 aromatic heterocycles. The van der Waals surface area contributed by atoms with Crippen molar-refractivity contribution in [1.29, 1.82) is 5.26 Å². The van der Waals surface area contributed by atoms with Gasteiger partial charge in [-0.05, 0) is 34.9 Å². The molecule has 0 spiro atoms. The number of carbonyl (C=O) groups is 1. The first kappa shape index (κ1) is 16.9. The van der Waals surface area contributed by atoms with Crippen molar-refractivity contribution < 1.29 is 4.79 Å². The Morgan fingerprint density at radius 2 is 1.92 bits per heavy atom. The molecule has 5 heteroatoms. The lowest BCUT2D eigenvalue weighted by Gasteiger charge is -2.16. The van der Waals surface area contributed by atoms with Crippen molar-refractivity contribution in [2.45, 2.75) is 12.6 Å². The molecule has 1 heterocycles. The maximum absolute atomic E-state index is 11.8. The van der Waals surface area contributed by atoms with Gasteiger partial charge in [0.15, 0.2) is 0 Å². The highest BCUT2D eigenvalue weighted by molar-refractivity contribution is 7.16. The number of nitrogens with two attached hydrogens (primary N) is 1. The number of hydrogen-bond donors (Lipinski definition) is 2. The van der Waals surface area contributed by atoms with Gasteiger partial charge in [-0.3, -0.25) is 10.1 Å². The van der Waals surface area contributed by atoms with Crippen molar-refractivity contribution in [3.8, 4) is 16.5 Å². The molecule has 3 N–H and O–H groups in total. The molecule has 1 atom stereocenters. The van der Waals surface area contributed by atoms with E-state index in [4.69, 9.17) is 11.0 Å². The summed E-state index contributed by atoms with van der Waals surface area (Å²) in [6, 6.07) is 22.9. The lowest BCUT2D eigenvalue weighted by molar-refractivity contribution is -0.120. The van der Waals surface area contributed by atoms with Crippen molar-refractivity contribution in [3.05, 3.63) is 82.7 Å². The van der Waals surface area contributed by atoms with Crippen molar-refractivity contribution in [2.75, 3.05) is 0 Å². The van der Waals surface area contributed by atoms with Gasteiger partial charge in [0.05, 0.1) is 0 Å². The average Bonchev–Trinajstić information content (AvgIpc) is 3.12. The van der Waals surface area contributed by atoms with Crippen LogP contribution >= 0.6 is 11.3 Å². The van der Waals surface area contributed by atoms with Crippen LogP contribution in [-0.4, -0.2) is 5.91 Å². The van der Waals surface area contributed by atoms with Crippen molar-refractivity contribution in [1.82, 2.24) is 5.32 Å². The minimum atomic E-state index is -0.531. The van der Waals surface area contributed by atoms with Crippen molar-refractivity contribution >= 4 is 17.2 Å². The third-order valence-corrected chi connectivity index (χ3v) is 4.89. The number of carbonyl (C=O) groups excluding carboxylic acids is 1. The Bertz CT molecular complexity index is 912. The van der Waals surface area contributed by atoms with E-state index in [1.54, 1.807) is 0 Å². The molecule has 3 rings (SSSR count). The molecule has 25 heavy (non-hydrogen) atoms. The van der Waals surface area contributed by atoms with Crippen LogP contribution in [0.3, 0.4) is 0 Å². The molecule has 0 aliphatic carbocycles. The molecule has 0 aliphatic rings. The quantitative estimate of drug-likeness (QED) is 0.715. The summed E-state index contributed by atoms with van der Waals surface area (Å²) in [4.78, 5) is 13.5. The minimum Gasteiger partial charge on any atom is -0.368 e. The third-order valence-electron chi connectivity index (χ3n) is 3.86. The maximum atomic E-state index is 11.8. The zero-order valence-corrected chi connectivity index (χ0v) is 14.3. The van der Waals surface area contributed by atoms with Crippen LogP contribution in [0.25, 0.3) is 10.4 Å². The third kappa shape index (κ3) is 4.13. The van der Waals surface area contributed by atoms with Gasteiger partial charge in [0.2, 0.25) is 5.91 Å². The first-order chi connectivity index (χ1) is 12.2. The zero-order chi connectivity index (χ0) is 17.6. The highest BCUT2D eigenvalue weighted by Crippen LogP contribution is 2.28. The van der Waals surface area contributed by atoms with Crippen LogP contribution in [0.15, 0.2) is 66.7 Å². The van der Waals surface area contributed by atoms with Gasteiger partial charge in [-0.2, -0.15) is 5.26 Å². The van der Waals surface area contributed by atoms with E-state index in [1.807, 2.05) is 60.7 Å². The molecule has 4 nitrogen and oxygen atoms in total. The highest BCUT2D eigenvalue weighted by Gasteiger charge is 2.16. The summed E-state index contributed by atoms with van der Waals surface area (Å²) >= 11 is 1.47. The van der Waals surface area contributed by atoms with Crippen LogP contribution in [0.1, 0.15) is 22.0 Å². The van der Waals surface area contributed by atoms with E-state index in [2.05, 4.69) is 17.5 Å². The number of amides is 1. The maximum Gasteiger partial charge on any atom is 0.239 e. The van der Waals surface area contributed by atoms with Gasteiger partial charge in [-0.15, -0.1) is 11.3 Å². The van der Waals surface area contributed by atoms with Gasteiger partial charge in [0.1, 0.15) is 17.0 Å². The van der Waals surface area contributed by atoms with Crippen LogP contribution in [0, 0.1) is 11.3 Å². The van der Waals surface area contributed by atoms with E-state index in [1.165, 1.54) is 11.3 Å². The largest absolute Gasteiger partial charge is 0.368 e. The molecular weight excluding hydrogens is 330 g/mol. The fourth-order valence-corrected chi connectivity index (χ4v) is 3.44. The smallest absolute Gasteiger partial charge is 0.239 e. The molecule has 1 amide bonds. The summed E-state index contributed by atoms with van der Waals surface area (Å²) in [5.74, 6) is -0.403. The summed E-state index contributed by atoms with van der Waals surface area (Å²) in [6.07, 6.45) is 0. The summed E-state index contributed by atoms with van der Waals surface area (Å²) in [7, 11) is 0. The highest BCUT2D eigenvalue weighted by atomic mass is 32.1. The second-order valence-electron chi connectivity index (χ2n) is 5.60. The van der Waals surface area contributed by atoms with E-state index in [-0.39, 0.29) is 0 Å². The topological polar surface area (TPSA) is 78.9 Å². The molecule has 0 saturated carbocycles. The predicted octanol–water partition coefficient (Wildman–Crippen LogP) is 3.60. The normalized spacial score (nSPS) is 11.6. The number of benzene rings is 2. The molecule has 2 aromatic carbocycles. The van der Waals surface area contributed by atoms with Gasteiger partial charge in [0, 0.05) is 11.4 Å². The summed E-state index contributed by atoms with van der Waals surface area (Å²) in [5, 5.41) is 12.2. The van der Waals surface area contributed by atoms with Gasteiger partial charge < -0.3 is 5.73 Å². The monoisotopic (exact) mass is 347 g/mol. The summed E-state index contributed by atoms with van der Waals surface area (Å²) in [5.41, 5.74) is 8.50. The molecule has 0 aliphatic heterocycles. The van der Waals surface area contributed by atoms with Crippen molar-refractivity contribution in [2.24, 2.45) is 5.73 Å². The molecule has 3 aromatic rings. The first-order valence-electron chi connectivity index (χ1n) is 7.84. The standard InChI is InChI=1S/C20H17N3OS/c21-12-17-9-10-18(25-17)16-8-4-5-14(11-16)13-23-19(20(22)24)15-6-2-1-3-7-15/h1-11,19,23H,13H2,(H2,22,24)/t19-/m1/s1. The van der Waals surface area contributed by atoms with Crippen LogP contribution < -0.4 is 11.1 Å². The molecule has 0 fully saturated rings. The Labute approximate surface area is 150 Å². The number of rotatable bonds is 6. The lowest BCUT2D eigenvalue weighted by Crippen LogP contribution is -2.33. The Hall–Kier alpha value is -2.94. The molecule has 0 saturated heterocycles. The van der Waals surface area contributed by atoms with E-state index in [0.717, 1.165) is 21.6 Å². The van der Waals surface area contributed by atoms with Crippen molar-refractivity contribution in [3.63, 3.8) is 0 Å². The lowest BCUT2D eigenvalue weighted by atomic mass is 10.1. The van der Waals surface area contributed by atoms with E-state index < -0.39 is 11.9 Å². The molecule has 0 unspecified atom stereocenters. The fraction of sp³-hybridized carbons (Fsp3) is 0.100. The van der Waals surface area contributed by atoms with E-state index >= 15 is 0 Å². The van der Waals surface area contributed by atoms with Gasteiger partial charge in [-0.1, -0.05) is 48.5 Å². The zero-order valence-electron chi connectivity index (χ0n) is 13.5. The SMILES string of the molecule is N#Cc1ccc(-c2cccc(CN[C@@H](C(N)=O)c3ccccc3)c2)s1. The summed E-state index contributed by atoms with van der Waals surface area (Å²) < 4.78 is 0. The van der Waals surface area contributed by atoms with Gasteiger partial charge in [-0.25, -0.2) is 0 Å². The Kier molecular flexibility index (Phi) is 5.24. The molecule has 0 radical (unpaired) electrons. The van der Waals surface area contributed by atoms with Gasteiger partial charge in [0.25, 0.3) is 0 Å². The average molecular weight is 347 g/mol. The van der Waals surface area contributed by atoms with E-state index in [0.29, 0.717) is 11.4 Å². The molecular formula is C20H17N3OS. The minimum absolute atomic E-state index is 0.403. The van der Waals surface area contributed by atoms with Crippen LogP contribution in [0.4, 0.5) is 0 Å². The number of thiophene rings is 1. The van der Waals surface area contributed by atoms with Crippen LogP contribution in [0.5, 0.6) is 0 Å². The molecule has 124 valence electrons.